The normalized spacial score (nSPS) is 17.7. The largest absolute Gasteiger partial charge is 0.298 e. The minimum absolute atomic E-state index is 0.294. The fourth-order valence-corrected chi connectivity index (χ4v) is 4.09. The van der Waals surface area contributed by atoms with Crippen LogP contribution in [-0.4, -0.2) is 70.5 Å². The van der Waals surface area contributed by atoms with Crippen molar-refractivity contribution < 1.29 is 8.42 Å². The number of tetrazole rings is 1. The van der Waals surface area contributed by atoms with Gasteiger partial charge in [-0.15, -0.1) is 10.2 Å². The monoisotopic (exact) mass is 336 g/mol. The van der Waals surface area contributed by atoms with Crippen molar-refractivity contribution in [2.45, 2.75) is 24.8 Å². The number of aromatic nitrogens is 4. The second kappa shape index (κ2) is 6.34. The first-order valence-electron chi connectivity index (χ1n) is 7.56. The summed E-state index contributed by atoms with van der Waals surface area (Å²) in [6, 6.07) is 7.02. The minimum Gasteiger partial charge on any atom is -0.298 e. The number of piperazine rings is 1. The highest BCUT2D eigenvalue weighted by atomic mass is 32.2. The molecule has 1 aliphatic rings. The minimum atomic E-state index is -3.45. The van der Waals surface area contributed by atoms with Crippen LogP contribution in [0.25, 0.3) is 11.4 Å². The van der Waals surface area contributed by atoms with E-state index in [1.165, 1.54) is 0 Å². The topological polar surface area (TPSA) is 95.1 Å². The fourth-order valence-electron chi connectivity index (χ4n) is 2.67. The molecular weight excluding hydrogens is 316 g/mol. The van der Waals surface area contributed by atoms with Crippen LogP contribution in [0.3, 0.4) is 0 Å². The Hall–Kier alpha value is -1.84. The van der Waals surface area contributed by atoms with Gasteiger partial charge in [0.15, 0.2) is 0 Å². The summed E-state index contributed by atoms with van der Waals surface area (Å²) >= 11 is 0. The Morgan fingerprint density at radius 2 is 1.74 bits per heavy atom. The molecule has 1 N–H and O–H groups in total. The molecule has 3 rings (SSSR count). The van der Waals surface area contributed by atoms with E-state index in [-0.39, 0.29) is 0 Å². The first kappa shape index (κ1) is 16.0. The van der Waals surface area contributed by atoms with Crippen molar-refractivity contribution in [2.75, 3.05) is 26.2 Å². The average Bonchev–Trinajstić information content (AvgIpc) is 3.09. The molecule has 124 valence electrons. The van der Waals surface area contributed by atoms with Crippen molar-refractivity contribution >= 4 is 10.0 Å². The Morgan fingerprint density at radius 1 is 1.09 bits per heavy atom. The van der Waals surface area contributed by atoms with E-state index in [0.29, 0.717) is 29.9 Å². The van der Waals surface area contributed by atoms with Crippen molar-refractivity contribution in [3.63, 3.8) is 0 Å². The summed E-state index contributed by atoms with van der Waals surface area (Å²) in [6.45, 7) is 6.82. The van der Waals surface area contributed by atoms with Gasteiger partial charge in [0.05, 0.1) is 4.90 Å². The summed E-state index contributed by atoms with van der Waals surface area (Å²) in [5, 5.41) is 13.6. The van der Waals surface area contributed by atoms with E-state index in [2.05, 4.69) is 39.4 Å². The summed E-state index contributed by atoms with van der Waals surface area (Å²) in [5.41, 5.74) is 0.724. The summed E-state index contributed by atoms with van der Waals surface area (Å²) in [6.07, 6.45) is 0. The molecule has 0 spiro atoms. The molecular formula is C14H20N6O2S. The first-order valence-corrected chi connectivity index (χ1v) is 9.00. The summed E-state index contributed by atoms with van der Waals surface area (Å²) in [4.78, 5) is 2.58. The average molecular weight is 336 g/mol. The molecule has 9 heteroatoms. The molecule has 0 amide bonds. The lowest BCUT2D eigenvalue weighted by Crippen LogP contribution is -2.50. The van der Waals surface area contributed by atoms with Crippen LogP contribution >= 0.6 is 0 Å². The van der Waals surface area contributed by atoms with Gasteiger partial charge < -0.3 is 0 Å². The standard InChI is InChI=1S/C14H20N6O2S/c1-11(2)19-7-9-20(10-8-19)23(21,22)13-5-3-12(4-6-13)14-15-17-18-16-14/h3-6,11H,7-10H2,1-2H3,(H,15,16,17,18). The lowest BCUT2D eigenvalue weighted by Gasteiger charge is -2.36. The summed E-state index contributed by atoms with van der Waals surface area (Å²) < 4.78 is 27.0. The molecule has 0 unspecified atom stereocenters. The van der Waals surface area contributed by atoms with Crippen LogP contribution in [0.1, 0.15) is 13.8 Å². The highest BCUT2D eigenvalue weighted by Gasteiger charge is 2.29. The number of nitrogens with zero attached hydrogens (tertiary/aromatic N) is 5. The van der Waals surface area contributed by atoms with Gasteiger partial charge in [0.1, 0.15) is 0 Å². The Morgan fingerprint density at radius 3 is 2.26 bits per heavy atom. The van der Waals surface area contributed by atoms with Crippen LogP contribution in [-0.2, 0) is 10.0 Å². The van der Waals surface area contributed by atoms with E-state index in [4.69, 9.17) is 0 Å². The number of nitrogens with one attached hydrogen (secondary N) is 1. The second-order valence-corrected chi connectivity index (χ2v) is 7.73. The van der Waals surface area contributed by atoms with E-state index in [1.807, 2.05) is 0 Å². The molecule has 0 saturated carbocycles. The van der Waals surface area contributed by atoms with Gasteiger partial charge in [-0.1, -0.05) is 0 Å². The predicted molar refractivity (Wildman–Crippen MR) is 85.1 cm³/mol. The van der Waals surface area contributed by atoms with Crippen LogP contribution in [0.2, 0.25) is 0 Å². The highest BCUT2D eigenvalue weighted by molar-refractivity contribution is 7.89. The SMILES string of the molecule is CC(C)N1CCN(S(=O)(=O)c2ccc(-c3nn[nH]n3)cc2)CC1. The lowest BCUT2D eigenvalue weighted by molar-refractivity contribution is 0.154. The van der Waals surface area contributed by atoms with Crippen LogP contribution in [0, 0.1) is 0 Å². The predicted octanol–water partition coefficient (Wildman–Crippen LogP) is 0.581. The molecule has 1 aliphatic heterocycles. The number of rotatable bonds is 4. The molecule has 8 nitrogen and oxygen atoms in total. The van der Waals surface area contributed by atoms with Gasteiger partial charge in [0, 0.05) is 37.8 Å². The van der Waals surface area contributed by atoms with Crippen LogP contribution < -0.4 is 0 Å². The van der Waals surface area contributed by atoms with Gasteiger partial charge in [-0.05, 0) is 43.3 Å². The van der Waals surface area contributed by atoms with Crippen molar-refractivity contribution in [1.82, 2.24) is 29.8 Å². The summed E-state index contributed by atoms with van der Waals surface area (Å²) in [7, 11) is -3.45. The Labute approximate surface area is 135 Å². The number of hydrogen-bond donors (Lipinski definition) is 1. The lowest BCUT2D eigenvalue weighted by atomic mass is 10.2. The maximum Gasteiger partial charge on any atom is 0.243 e. The Kier molecular flexibility index (Phi) is 4.42. The van der Waals surface area contributed by atoms with Gasteiger partial charge in [-0.2, -0.15) is 9.52 Å². The molecule has 0 radical (unpaired) electrons. The molecule has 1 saturated heterocycles. The fraction of sp³-hybridized carbons (Fsp3) is 0.500. The quantitative estimate of drug-likeness (QED) is 0.877. The third kappa shape index (κ3) is 3.26. The molecule has 0 bridgehead atoms. The number of hydrogen-bond acceptors (Lipinski definition) is 6. The van der Waals surface area contributed by atoms with Crippen molar-refractivity contribution in [1.29, 1.82) is 0 Å². The van der Waals surface area contributed by atoms with E-state index in [1.54, 1.807) is 28.6 Å². The van der Waals surface area contributed by atoms with Gasteiger partial charge in [-0.25, -0.2) is 8.42 Å². The van der Waals surface area contributed by atoms with Crippen LogP contribution in [0.15, 0.2) is 29.2 Å². The van der Waals surface area contributed by atoms with E-state index in [9.17, 15) is 8.42 Å². The Bertz CT molecular complexity index is 734. The van der Waals surface area contributed by atoms with Crippen molar-refractivity contribution in [3.8, 4) is 11.4 Å². The second-order valence-electron chi connectivity index (χ2n) is 5.79. The van der Waals surface area contributed by atoms with Crippen molar-refractivity contribution in [3.05, 3.63) is 24.3 Å². The van der Waals surface area contributed by atoms with Gasteiger partial charge >= 0.3 is 0 Å². The molecule has 0 aliphatic carbocycles. The number of benzene rings is 1. The first-order chi connectivity index (χ1) is 11.0. The molecule has 2 heterocycles. The van der Waals surface area contributed by atoms with E-state index in [0.717, 1.165) is 18.7 Å². The number of H-pyrrole nitrogens is 1. The zero-order chi connectivity index (χ0) is 16.4. The zero-order valence-corrected chi connectivity index (χ0v) is 14.0. The number of sulfonamides is 1. The molecule has 1 fully saturated rings. The molecule has 23 heavy (non-hydrogen) atoms. The zero-order valence-electron chi connectivity index (χ0n) is 13.2. The number of aromatic amines is 1. The third-order valence-electron chi connectivity index (χ3n) is 4.10. The van der Waals surface area contributed by atoms with E-state index >= 15 is 0 Å². The van der Waals surface area contributed by atoms with Gasteiger partial charge in [0.2, 0.25) is 15.8 Å². The maximum atomic E-state index is 12.7. The smallest absolute Gasteiger partial charge is 0.243 e. The Balaban J connectivity index is 1.75. The van der Waals surface area contributed by atoms with Crippen molar-refractivity contribution in [2.24, 2.45) is 0 Å². The summed E-state index contributed by atoms with van der Waals surface area (Å²) in [5.74, 6) is 0.444. The molecule has 2 aromatic rings. The van der Waals surface area contributed by atoms with Crippen LogP contribution in [0.5, 0.6) is 0 Å². The third-order valence-corrected chi connectivity index (χ3v) is 6.01. The molecule has 0 atom stereocenters. The molecule has 1 aromatic carbocycles. The van der Waals surface area contributed by atoms with E-state index < -0.39 is 10.0 Å². The van der Waals surface area contributed by atoms with Crippen LogP contribution in [0.4, 0.5) is 0 Å². The van der Waals surface area contributed by atoms with Gasteiger partial charge in [0.25, 0.3) is 0 Å². The highest BCUT2D eigenvalue weighted by Crippen LogP contribution is 2.21. The molecule has 1 aromatic heterocycles. The maximum absolute atomic E-state index is 12.7. The van der Waals surface area contributed by atoms with Gasteiger partial charge in [-0.3, -0.25) is 4.90 Å².